The summed E-state index contributed by atoms with van der Waals surface area (Å²) in [7, 11) is 0. The molecule has 2 saturated heterocycles. The van der Waals surface area contributed by atoms with Gasteiger partial charge >= 0.3 is 0 Å². The number of aliphatic hydroxyl groups is 1. The average Bonchev–Trinajstić information content (AvgIpc) is 3.04. The average molecular weight is 315 g/mol. The number of rotatable bonds is 3. The molecule has 3 N–H and O–H groups in total. The topological polar surface area (TPSA) is 86.9 Å². The van der Waals surface area contributed by atoms with Crippen molar-refractivity contribution in [3.05, 3.63) is 0 Å². The Kier molecular flexibility index (Phi) is 4.85. The van der Waals surface area contributed by atoms with Crippen molar-refractivity contribution in [2.45, 2.75) is 44.2 Å². The van der Waals surface area contributed by atoms with Gasteiger partial charge in [0.1, 0.15) is 10.9 Å². The minimum atomic E-state index is -0.888. The molecule has 0 aromatic heterocycles. The molecule has 6 nitrogen and oxygen atoms in total. The van der Waals surface area contributed by atoms with Gasteiger partial charge in [-0.3, -0.25) is 9.59 Å². The molecule has 21 heavy (non-hydrogen) atoms. The highest BCUT2D eigenvalue weighted by Crippen LogP contribution is 2.43. The number of hydrogen-bond donors (Lipinski definition) is 2. The molecule has 0 aromatic rings. The minimum Gasteiger partial charge on any atom is -0.391 e. The Morgan fingerprint density at radius 2 is 1.90 bits per heavy atom. The van der Waals surface area contributed by atoms with E-state index in [4.69, 9.17) is 5.73 Å². The molecule has 0 saturated carbocycles. The Morgan fingerprint density at radius 1 is 1.24 bits per heavy atom. The fourth-order valence-electron chi connectivity index (χ4n) is 2.94. The summed E-state index contributed by atoms with van der Waals surface area (Å²) in [6.07, 6.45) is -0.0901. The van der Waals surface area contributed by atoms with Gasteiger partial charge in [0.05, 0.1) is 12.6 Å². The Balaban J connectivity index is 2.09. The number of amides is 2. The third-order valence-corrected chi connectivity index (χ3v) is 5.74. The van der Waals surface area contributed by atoms with Crippen LogP contribution < -0.4 is 5.73 Å². The maximum absolute atomic E-state index is 12.4. The second-order valence-corrected chi connectivity index (χ2v) is 7.67. The molecule has 1 spiro atoms. The summed E-state index contributed by atoms with van der Waals surface area (Å²) < 4.78 is 0. The first-order chi connectivity index (χ1) is 9.78. The van der Waals surface area contributed by atoms with Crippen molar-refractivity contribution in [3.63, 3.8) is 0 Å². The predicted molar refractivity (Wildman–Crippen MR) is 82.6 cm³/mol. The molecule has 2 heterocycles. The Hall–Kier alpha value is -0.790. The molecular formula is C14H25N3O3S. The fraction of sp³-hybridized carbons (Fsp3) is 0.857. The van der Waals surface area contributed by atoms with E-state index in [9.17, 15) is 14.7 Å². The lowest BCUT2D eigenvalue weighted by atomic mass is 10.1. The van der Waals surface area contributed by atoms with E-state index in [0.717, 1.165) is 18.7 Å². The van der Waals surface area contributed by atoms with Gasteiger partial charge in [0.2, 0.25) is 11.8 Å². The van der Waals surface area contributed by atoms with Crippen LogP contribution >= 0.6 is 11.8 Å². The van der Waals surface area contributed by atoms with Gasteiger partial charge in [-0.15, -0.1) is 11.8 Å². The van der Waals surface area contributed by atoms with E-state index in [1.54, 1.807) is 16.7 Å². The van der Waals surface area contributed by atoms with Crippen molar-refractivity contribution in [2.75, 3.05) is 25.4 Å². The molecular weight excluding hydrogens is 290 g/mol. The molecule has 0 aromatic carbocycles. The number of hydrogen-bond acceptors (Lipinski definition) is 5. The van der Waals surface area contributed by atoms with Crippen LogP contribution in [-0.4, -0.2) is 69.1 Å². The molecule has 120 valence electrons. The van der Waals surface area contributed by atoms with E-state index in [1.165, 1.54) is 6.92 Å². The Labute approximate surface area is 130 Å². The fourth-order valence-corrected chi connectivity index (χ4v) is 4.41. The van der Waals surface area contributed by atoms with Crippen LogP contribution in [0.2, 0.25) is 0 Å². The number of carbonyl (C=O) groups excluding carboxylic acids is 2. The van der Waals surface area contributed by atoms with Crippen LogP contribution in [0, 0.1) is 5.92 Å². The van der Waals surface area contributed by atoms with Crippen molar-refractivity contribution >= 4 is 23.6 Å². The molecule has 7 heteroatoms. The normalized spacial score (nSPS) is 28.5. The molecule has 2 amide bonds. The first kappa shape index (κ1) is 16.6. The van der Waals surface area contributed by atoms with Gasteiger partial charge in [0.15, 0.2) is 0 Å². The summed E-state index contributed by atoms with van der Waals surface area (Å²) in [6.45, 7) is 7.17. The van der Waals surface area contributed by atoms with Crippen molar-refractivity contribution in [1.29, 1.82) is 0 Å². The molecule has 2 fully saturated rings. The van der Waals surface area contributed by atoms with E-state index < -0.39 is 12.1 Å². The van der Waals surface area contributed by atoms with Gasteiger partial charge in [-0.2, -0.15) is 0 Å². The summed E-state index contributed by atoms with van der Waals surface area (Å²) >= 11 is 1.76. The van der Waals surface area contributed by atoms with E-state index in [0.29, 0.717) is 13.1 Å². The predicted octanol–water partition coefficient (Wildman–Crippen LogP) is -0.145. The lowest BCUT2D eigenvalue weighted by molar-refractivity contribution is -0.138. The number of carbonyl (C=O) groups is 2. The van der Waals surface area contributed by atoms with Crippen LogP contribution in [0.25, 0.3) is 0 Å². The number of nitrogens with two attached hydrogens (primary N) is 1. The molecule has 3 atom stereocenters. The second-order valence-electron chi connectivity index (χ2n) is 6.22. The summed E-state index contributed by atoms with van der Waals surface area (Å²) in [6, 6.07) is -0.888. The van der Waals surface area contributed by atoms with Gasteiger partial charge in [-0.25, -0.2) is 0 Å². The van der Waals surface area contributed by atoms with Crippen molar-refractivity contribution in [1.82, 2.24) is 9.80 Å². The molecule has 2 aliphatic heterocycles. The highest BCUT2D eigenvalue weighted by atomic mass is 32.2. The lowest BCUT2D eigenvalue weighted by Crippen LogP contribution is -2.52. The largest absolute Gasteiger partial charge is 0.391 e. The monoisotopic (exact) mass is 315 g/mol. The summed E-state index contributed by atoms with van der Waals surface area (Å²) in [5, 5.41) is 9.48. The third-order valence-electron chi connectivity index (χ3n) is 4.26. The maximum atomic E-state index is 12.4. The van der Waals surface area contributed by atoms with Crippen LogP contribution in [0.5, 0.6) is 0 Å². The smallest absolute Gasteiger partial charge is 0.242 e. The van der Waals surface area contributed by atoms with Crippen molar-refractivity contribution in [3.8, 4) is 0 Å². The first-order valence-corrected chi connectivity index (χ1v) is 8.45. The zero-order valence-electron chi connectivity index (χ0n) is 12.9. The van der Waals surface area contributed by atoms with Gasteiger partial charge in [0, 0.05) is 24.8 Å². The van der Waals surface area contributed by atoms with E-state index >= 15 is 0 Å². The number of nitrogens with zero attached hydrogens (tertiary/aromatic N) is 2. The van der Waals surface area contributed by atoms with E-state index in [-0.39, 0.29) is 22.6 Å². The van der Waals surface area contributed by atoms with E-state index in [2.05, 4.69) is 0 Å². The maximum Gasteiger partial charge on any atom is 0.242 e. The van der Waals surface area contributed by atoms with Gasteiger partial charge in [-0.05, 0) is 13.3 Å². The van der Waals surface area contributed by atoms with E-state index in [1.807, 2.05) is 18.7 Å². The highest BCUT2D eigenvalue weighted by molar-refractivity contribution is 8.00. The first-order valence-electron chi connectivity index (χ1n) is 7.46. The highest BCUT2D eigenvalue weighted by Gasteiger charge is 2.50. The zero-order chi connectivity index (χ0) is 15.8. The quantitative estimate of drug-likeness (QED) is 0.757. The van der Waals surface area contributed by atoms with Gasteiger partial charge in [0.25, 0.3) is 0 Å². The SMILES string of the molecule is CC(C)C(=O)N1CCSC12CCN(C(=O)[C@@H](N)[C@@H](C)O)C2. The molecule has 0 aliphatic carbocycles. The lowest BCUT2D eigenvalue weighted by Gasteiger charge is -2.35. The minimum absolute atomic E-state index is 0.0370. The molecule has 2 aliphatic rings. The van der Waals surface area contributed by atoms with Crippen molar-refractivity contribution < 1.29 is 14.7 Å². The number of likely N-dealkylation sites (tertiary alicyclic amines) is 1. The van der Waals surface area contributed by atoms with Crippen LogP contribution in [-0.2, 0) is 9.59 Å². The van der Waals surface area contributed by atoms with Crippen LogP contribution in [0.1, 0.15) is 27.2 Å². The summed E-state index contributed by atoms with van der Waals surface area (Å²) in [4.78, 5) is 28.0. The van der Waals surface area contributed by atoms with Crippen molar-refractivity contribution in [2.24, 2.45) is 11.7 Å². The molecule has 0 bridgehead atoms. The number of aliphatic hydroxyl groups excluding tert-OH is 1. The molecule has 0 radical (unpaired) electrons. The molecule has 2 rings (SSSR count). The Morgan fingerprint density at radius 3 is 2.48 bits per heavy atom. The van der Waals surface area contributed by atoms with Gasteiger partial charge in [-0.1, -0.05) is 13.8 Å². The third kappa shape index (κ3) is 3.05. The molecule has 1 unspecified atom stereocenters. The van der Waals surface area contributed by atoms with Crippen LogP contribution in [0.4, 0.5) is 0 Å². The zero-order valence-corrected chi connectivity index (χ0v) is 13.7. The van der Waals surface area contributed by atoms with Crippen LogP contribution in [0.3, 0.4) is 0 Å². The van der Waals surface area contributed by atoms with Gasteiger partial charge < -0.3 is 20.6 Å². The number of thioether (sulfide) groups is 1. The Bertz CT molecular complexity index is 430. The second kappa shape index (κ2) is 6.14. The summed E-state index contributed by atoms with van der Waals surface area (Å²) in [5.41, 5.74) is 5.74. The van der Waals surface area contributed by atoms with Crippen LogP contribution in [0.15, 0.2) is 0 Å². The summed E-state index contributed by atoms with van der Waals surface area (Å²) in [5.74, 6) is 0.786. The standard InChI is InChI=1S/C14H25N3O3S/c1-9(2)12(19)17-6-7-21-14(17)4-5-16(8-14)13(20)11(15)10(3)18/h9-11,18H,4-8,15H2,1-3H3/t10-,11+,14?/m1/s1.